The van der Waals surface area contributed by atoms with Gasteiger partial charge in [-0.1, -0.05) is 41.9 Å². The number of rotatable bonds is 4. The van der Waals surface area contributed by atoms with Crippen LogP contribution in [0, 0.1) is 0 Å². The molecule has 25 heavy (non-hydrogen) atoms. The first kappa shape index (κ1) is 16.4. The molecule has 6 heteroatoms. The Hall–Kier alpha value is -2.11. The van der Waals surface area contributed by atoms with E-state index in [2.05, 4.69) is 22.1 Å². The molecule has 1 aliphatic carbocycles. The summed E-state index contributed by atoms with van der Waals surface area (Å²) in [6, 6.07) is 12.2. The molecule has 0 spiro atoms. The molecule has 0 radical (unpaired) electrons. The predicted molar refractivity (Wildman–Crippen MR) is 97.9 cm³/mol. The summed E-state index contributed by atoms with van der Waals surface area (Å²) in [5.74, 6) is 0. The summed E-state index contributed by atoms with van der Waals surface area (Å²) >= 11 is 6.00. The number of aromatic nitrogens is 3. The Kier molecular flexibility index (Phi) is 4.59. The minimum atomic E-state index is -0.0901. The van der Waals surface area contributed by atoms with E-state index in [4.69, 9.17) is 16.3 Å². The smallest absolute Gasteiger partial charge is 0.326 e. The van der Waals surface area contributed by atoms with Gasteiger partial charge in [-0.2, -0.15) is 0 Å². The Labute approximate surface area is 150 Å². The predicted octanol–water partition coefficient (Wildman–Crippen LogP) is 4.08. The molecule has 4 rings (SSSR count). The zero-order chi connectivity index (χ0) is 17.2. The van der Waals surface area contributed by atoms with E-state index in [-0.39, 0.29) is 17.8 Å². The maximum atomic E-state index is 12.3. The SMILES string of the molecule is O=c1[nH]c2cnc(Cl)cc2n1C1CCC(OCc2ccccc2)CC1. The molecule has 130 valence electrons. The standard InChI is InChI=1S/C19H20ClN3O2/c20-18-10-17-16(11-21-18)22-19(24)23(17)14-6-8-15(9-7-14)25-12-13-4-2-1-3-5-13/h1-5,10-11,14-15H,6-9,12H2,(H,22,24). The number of nitrogens with zero attached hydrogens (tertiary/aromatic N) is 2. The van der Waals surface area contributed by atoms with Gasteiger partial charge in [0.15, 0.2) is 0 Å². The zero-order valence-corrected chi connectivity index (χ0v) is 14.6. The number of benzene rings is 1. The first-order valence-electron chi connectivity index (χ1n) is 8.62. The molecule has 0 atom stereocenters. The van der Waals surface area contributed by atoms with Crippen LogP contribution in [0.15, 0.2) is 47.4 Å². The van der Waals surface area contributed by atoms with Crippen molar-refractivity contribution in [3.63, 3.8) is 0 Å². The average Bonchev–Trinajstić information content (AvgIpc) is 2.96. The number of pyridine rings is 1. The van der Waals surface area contributed by atoms with E-state index in [0.717, 1.165) is 36.7 Å². The fourth-order valence-corrected chi connectivity index (χ4v) is 3.77. The van der Waals surface area contributed by atoms with Crippen LogP contribution in [0.25, 0.3) is 11.0 Å². The van der Waals surface area contributed by atoms with E-state index in [1.54, 1.807) is 12.3 Å². The van der Waals surface area contributed by atoms with E-state index in [1.165, 1.54) is 5.56 Å². The maximum Gasteiger partial charge on any atom is 0.326 e. The third kappa shape index (κ3) is 3.48. The summed E-state index contributed by atoms with van der Waals surface area (Å²) in [5, 5.41) is 0.403. The Morgan fingerprint density at radius 2 is 1.96 bits per heavy atom. The van der Waals surface area contributed by atoms with Crippen molar-refractivity contribution in [2.45, 2.75) is 44.4 Å². The van der Waals surface area contributed by atoms with Gasteiger partial charge in [-0.15, -0.1) is 0 Å². The lowest BCUT2D eigenvalue weighted by atomic mass is 9.92. The van der Waals surface area contributed by atoms with Crippen molar-refractivity contribution in [2.75, 3.05) is 0 Å². The zero-order valence-electron chi connectivity index (χ0n) is 13.8. The van der Waals surface area contributed by atoms with Gasteiger partial charge >= 0.3 is 5.69 Å². The van der Waals surface area contributed by atoms with Crippen molar-refractivity contribution in [1.29, 1.82) is 0 Å². The number of halogens is 1. The summed E-state index contributed by atoms with van der Waals surface area (Å²) in [6.45, 7) is 0.643. The summed E-state index contributed by atoms with van der Waals surface area (Å²) in [4.78, 5) is 19.2. The molecule has 0 saturated heterocycles. The second kappa shape index (κ2) is 7.02. The second-order valence-corrected chi connectivity index (χ2v) is 6.94. The maximum absolute atomic E-state index is 12.3. The number of fused-ring (bicyclic) bond motifs is 1. The molecular weight excluding hydrogens is 338 g/mol. The highest BCUT2D eigenvalue weighted by Gasteiger charge is 2.25. The van der Waals surface area contributed by atoms with Gasteiger partial charge < -0.3 is 9.72 Å². The molecule has 1 fully saturated rings. The molecule has 3 aromatic rings. The topological polar surface area (TPSA) is 59.9 Å². The first-order chi connectivity index (χ1) is 12.2. The first-order valence-corrected chi connectivity index (χ1v) is 9.00. The molecular formula is C19H20ClN3O2. The van der Waals surface area contributed by atoms with Gasteiger partial charge in [0.25, 0.3) is 0 Å². The fourth-order valence-electron chi connectivity index (χ4n) is 3.62. The van der Waals surface area contributed by atoms with E-state index < -0.39 is 0 Å². The van der Waals surface area contributed by atoms with E-state index >= 15 is 0 Å². The number of aromatic amines is 1. The van der Waals surface area contributed by atoms with Gasteiger partial charge in [0.1, 0.15) is 5.15 Å². The molecule has 0 aliphatic heterocycles. The number of hydrogen-bond donors (Lipinski definition) is 1. The lowest BCUT2D eigenvalue weighted by Crippen LogP contribution is -2.28. The summed E-state index contributed by atoms with van der Waals surface area (Å²) in [7, 11) is 0. The Morgan fingerprint density at radius 3 is 2.72 bits per heavy atom. The van der Waals surface area contributed by atoms with Crippen molar-refractivity contribution < 1.29 is 4.74 Å². The Morgan fingerprint density at radius 1 is 1.20 bits per heavy atom. The molecule has 0 amide bonds. The van der Waals surface area contributed by atoms with Crippen molar-refractivity contribution in [3.8, 4) is 0 Å². The second-order valence-electron chi connectivity index (χ2n) is 6.55. The van der Waals surface area contributed by atoms with Gasteiger partial charge in [-0.05, 0) is 31.2 Å². The lowest BCUT2D eigenvalue weighted by Gasteiger charge is -2.29. The normalized spacial score (nSPS) is 20.8. The van der Waals surface area contributed by atoms with E-state index in [1.807, 2.05) is 22.8 Å². The van der Waals surface area contributed by atoms with Crippen LogP contribution in [-0.2, 0) is 11.3 Å². The minimum absolute atomic E-state index is 0.0901. The van der Waals surface area contributed by atoms with Crippen LogP contribution in [-0.4, -0.2) is 20.6 Å². The van der Waals surface area contributed by atoms with Gasteiger partial charge in [-0.3, -0.25) is 4.57 Å². The van der Waals surface area contributed by atoms with Crippen LogP contribution in [0.2, 0.25) is 5.15 Å². The van der Waals surface area contributed by atoms with E-state index in [9.17, 15) is 4.79 Å². The van der Waals surface area contributed by atoms with Gasteiger partial charge in [0, 0.05) is 12.1 Å². The Balaban J connectivity index is 1.43. The number of H-pyrrole nitrogens is 1. The molecule has 1 aromatic carbocycles. The molecule has 0 bridgehead atoms. The molecule has 5 nitrogen and oxygen atoms in total. The summed E-state index contributed by atoms with van der Waals surface area (Å²) < 4.78 is 7.87. The van der Waals surface area contributed by atoms with Crippen LogP contribution < -0.4 is 5.69 Å². The van der Waals surface area contributed by atoms with Crippen molar-refractivity contribution in [2.24, 2.45) is 0 Å². The average molecular weight is 358 g/mol. The third-order valence-electron chi connectivity index (χ3n) is 4.91. The molecule has 0 unspecified atom stereocenters. The number of imidazole rings is 1. The van der Waals surface area contributed by atoms with Crippen molar-refractivity contribution >= 4 is 22.6 Å². The highest BCUT2D eigenvalue weighted by Crippen LogP contribution is 2.31. The van der Waals surface area contributed by atoms with E-state index in [0.29, 0.717) is 11.8 Å². The van der Waals surface area contributed by atoms with Gasteiger partial charge in [-0.25, -0.2) is 9.78 Å². The lowest BCUT2D eigenvalue weighted by molar-refractivity contribution is 0.00850. The molecule has 2 aromatic heterocycles. The van der Waals surface area contributed by atoms with Crippen LogP contribution in [0.1, 0.15) is 37.3 Å². The summed E-state index contributed by atoms with van der Waals surface area (Å²) in [6.07, 6.45) is 5.62. The molecule has 2 heterocycles. The van der Waals surface area contributed by atoms with Crippen molar-refractivity contribution in [1.82, 2.24) is 14.5 Å². The fraction of sp³-hybridized carbons (Fsp3) is 0.368. The van der Waals surface area contributed by atoms with Crippen molar-refractivity contribution in [3.05, 3.63) is 63.8 Å². The van der Waals surface area contributed by atoms with Crippen LogP contribution in [0.3, 0.4) is 0 Å². The number of ether oxygens (including phenoxy) is 1. The quantitative estimate of drug-likeness (QED) is 0.716. The largest absolute Gasteiger partial charge is 0.374 e. The molecule has 1 aliphatic rings. The molecule has 1 N–H and O–H groups in total. The summed E-state index contributed by atoms with van der Waals surface area (Å²) in [5.41, 5.74) is 2.67. The van der Waals surface area contributed by atoms with Crippen LogP contribution >= 0.6 is 11.6 Å². The Bertz CT molecular complexity index is 911. The number of nitrogens with one attached hydrogen (secondary N) is 1. The highest BCUT2D eigenvalue weighted by atomic mass is 35.5. The van der Waals surface area contributed by atoms with Gasteiger partial charge in [0.05, 0.1) is 29.9 Å². The highest BCUT2D eigenvalue weighted by molar-refractivity contribution is 6.29. The number of hydrogen-bond acceptors (Lipinski definition) is 3. The van der Waals surface area contributed by atoms with Crippen LogP contribution in [0.4, 0.5) is 0 Å². The van der Waals surface area contributed by atoms with Gasteiger partial charge in [0.2, 0.25) is 0 Å². The van der Waals surface area contributed by atoms with Crippen LogP contribution in [0.5, 0.6) is 0 Å². The molecule has 1 saturated carbocycles. The monoisotopic (exact) mass is 357 g/mol. The third-order valence-corrected chi connectivity index (χ3v) is 5.11. The minimum Gasteiger partial charge on any atom is -0.374 e.